The van der Waals surface area contributed by atoms with Crippen molar-refractivity contribution in [2.24, 2.45) is 4.99 Å². The molecule has 11 heteroatoms. The smallest absolute Gasteiger partial charge is 0.338 e. The van der Waals surface area contributed by atoms with E-state index in [1.54, 1.807) is 30.4 Å². The maximum Gasteiger partial charge on any atom is 0.338 e. The second-order valence-corrected chi connectivity index (χ2v) is 14.1. The Labute approximate surface area is 304 Å². The zero-order chi connectivity index (χ0) is 33.8. The summed E-state index contributed by atoms with van der Waals surface area (Å²) >= 11 is 11.1. The lowest BCUT2D eigenvalue weighted by atomic mass is 9.93. The van der Waals surface area contributed by atoms with Gasteiger partial charge in [-0.15, -0.1) is 11.8 Å². The van der Waals surface area contributed by atoms with Crippen LogP contribution in [0.1, 0.15) is 35.2 Å². The van der Waals surface area contributed by atoms with Gasteiger partial charge in [-0.25, -0.2) is 9.79 Å². The number of carbonyl (C=O) groups is 1. The fourth-order valence-electron chi connectivity index (χ4n) is 5.39. The number of nitrogens with zero attached hydrogens (tertiary/aromatic N) is 2. The summed E-state index contributed by atoms with van der Waals surface area (Å²) in [6.07, 6.45) is 3.83. The second-order valence-electron chi connectivity index (χ2n) is 10.7. The number of halogens is 2. The van der Waals surface area contributed by atoms with E-state index >= 15 is 0 Å². The van der Waals surface area contributed by atoms with Gasteiger partial charge in [-0.1, -0.05) is 77.5 Å². The normalized spacial score (nSPS) is 14.4. The number of thioether (sulfide) groups is 1. The number of methoxy groups -OCH3 is 1. The second kappa shape index (κ2) is 15.1. The minimum absolute atomic E-state index is 0.187. The predicted octanol–water partition coefficient (Wildman–Crippen LogP) is 7.50. The van der Waals surface area contributed by atoms with Crippen molar-refractivity contribution in [2.75, 3.05) is 20.0 Å². The largest absolute Gasteiger partial charge is 0.493 e. The monoisotopic (exact) mass is 808 g/mol. The zero-order valence-electron chi connectivity index (χ0n) is 26.2. The molecule has 4 aromatic carbocycles. The van der Waals surface area contributed by atoms with Gasteiger partial charge in [-0.05, 0) is 94.9 Å². The molecule has 1 aliphatic rings. The summed E-state index contributed by atoms with van der Waals surface area (Å²) in [5.74, 6) is 0.631. The first-order valence-electron chi connectivity index (χ1n) is 15.0. The Morgan fingerprint density at radius 1 is 1.06 bits per heavy atom. The number of carbonyl (C=O) groups excluding carboxylic acids is 1. The van der Waals surface area contributed by atoms with Crippen LogP contribution >= 0.6 is 57.3 Å². The van der Waals surface area contributed by atoms with Crippen LogP contribution in [-0.4, -0.2) is 30.5 Å². The molecule has 1 aromatic heterocycles. The summed E-state index contributed by atoms with van der Waals surface area (Å²) in [5, 5.41) is 0.661. The first-order valence-corrected chi connectivity index (χ1v) is 18.5. The van der Waals surface area contributed by atoms with E-state index in [9.17, 15) is 9.59 Å². The van der Waals surface area contributed by atoms with Gasteiger partial charge in [0, 0.05) is 15.5 Å². The number of rotatable bonds is 10. The quantitative estimate of drug-likeness (QED) is 0.0827. The van der Waals surface area contributed by atoms with Crippen LogP contribution in [0.15, 0.2) is 111 Å². The number of fused-ring (bicyclic) bond motifs is 1. The first-order chi connectivity index (χ1) is 23.3. The third-order valence-corrected chi connectivity index (χ3v) is 10.4. The molecule has 0 unspecified atom stereocenters. The van der Waals surface area contributed by atoms with E-state index in [-0.39, 0.29) is 12.2 Å². The fourth-order valence-corrected chi connectivity index (χ4v) is 7.71. The van der Waals surface area contributed by atoms with Crippen molar-refractivity contribution in [1.29, 1.82) is 0 Å². The molecule has 0 saturated heterocycles. The van der Waals surface area contributed by atoms with E-state index in [0.29, 0.717) is 43.7 Å². The van der Waals surface area contributed by atoms with Gasteiger partial charge in [-0.3, -0.25) is 9.36 Å². The van der Waals surface area contributed by atoms with Gasteiger partial charge in [0.25, 0.3) is 5.56 Å². The van der Waals surface area contributed by atoms with Gasteiger partial charge < -0.3 is 14.2 Å². The molecule has 0 saturated carbocycles. The maximum atomic E-state index is 14.3. The van der Waals surface area contributed by atoms with Gasteiger partial charge in [-0.2, -0.15) is 0 Å². The Bertz CT molecular complexity index is 2180. The van der Waals surface area contributed by atoms with E-state index in [2.05, 4.69) is 22.6 Å². The van der Waals surface area contributed by atoms with E-state index in [4.69, 9.17) is 30.8 Å². The Kier molecular flexibility index (Phi) is 10.7. The van der Waals surface area contributed by atoms with Gasteiger partial charge in [0.05, 0.1) is 39.1 Å². The molecule has 0 fully saturated rings. The molecule has 2 heterocycles. The Morgan fingerprint density at radius 2 is 1.79 bits per heavy atom. The summed E-state index contributed by atoms with van der Waals surface area (Å²) in [6, 6.07) is 27.9. The highest BCUT2D eigenvalue weighted by Gasteiger charge is 2.35. The van der Waals surface area contributed by atoms with Crippen molar-refractivity contribution in [1.82, 2.24) is 4.57 Å². The highest BCUT2D eigenvalue weighted by Crippen LogP contribution is 2.37. The molecule has 0 bridgehead atoms. The van der Waals surface area contributed by atoms with Crippen molar-refractivity contribution < 1.29 is 19.0 Å². The summed E-state index contributed by atoms with van der Waals surface area (Å²) in [7, 11) is 1.59. The number of benzene rings is 4. The van der Waals surface area contributed by atoms with E-state index in [0.717, 1.165) is 30.7 Å². The van der Waals surface area contributed by atoms with Crippen LogP contribution in [0, 0.1) is 3.57 Å². The minimum atomic E-state index is -0.744. The number of thiazole rings is 1. The third-order valence-electron chi connectivity index (χ3n) is 7.65. The number of aromatic nitrogens is 1. The lowest BCUT2D eigenvalue weighted by Crippen LogP contribution is -2.40. The molecule has 6 rings (SSSR count). The fraction of sp³-hybridized carbons (Fsp3) is 0.162. The van der Waals surface area contributed by atoms with Crippen LogP contribution < -0.4 is 24.4 Å². The van der Waals surface area contributed by atoms with Crippen molar-refractivity contribution in [3.05, 3.63) is 147 Å². The van der Waals surface area contributed by atoms with E-state index < -0.39 is 12.0 Å². The minimum Gasteiger partial charge on any atom is -0.493 e. The molecule has 48 heavy (non-hydrogen) atoms. The molecule has 1 aliphatic heterocycles. The highest BCUT2D eigenvalue weighted by molar-refractivity contribution is 14.1. The average Bonchev–Trinajstić information content (AvgIpc) is 3.41. The van der Waals surface area contributed by atoms with Crippen LogP contribution in [-0.2, 0) is 16.1 Å². The highest BCUT2D eigenvalue weighted by atomic mass is 127. The third kappa shape index (κ3) is 7.12. The Hall–Kier alpha value is -3.84. The molecule has 0 N–H and O–H groups in total. The van der Waals surface area contributed by atoms with Crippen LogP contribution in [0.2, 0.25) is 5.02 Å². The van der Waals surface area contributed by atoms with Crippen molar-refractivity contribution in [3.8, 4) is 11.5 Å². The number of hydrogen-bond donors (Lipinski definition) is 0. The topological polar surface area (TPSA) is 79.1 Å². The molecule has 0 aliphatic carbocycles. The van der Waals surface area contributed by atoms with Gasteiger partial charge in [0.15, 0.2) is 16.3 Å². The number of esters is 1. The molecular formula is C37H30ClIN2O5S2. The van der Waals surface area contributed by atoms with Crippen molar-refractivity contribution in [2.45, 2.75) is 24.5 Å². The lowest BCUT2D eigenvalue weighted by Gasteiger charge is -2.26. The van der Waals surface area contributed by atoms with E-state index in [1.807, 2.05) is 103 Å². The molecule has 5 aromatic rings. The summed E-state index contributed by atoms with van der Waals surface area (Å²) < 4.78 is 20.3. The number of hydrogen-bond acceptors (Lipinski definition) is 8. The van der Waals surface area contributed by atoms with Gasteiger partial charge >= 0.3 is 5.97 Å². The molecule has 7 nitrogen and oxygen atoms in total. The van der Waals surface area contributed by atoms with Crippen LogP contribution in [0.5, 0.6) is 11.5 Å². The maximum absolute atomic E-state index is 14.3. The van der Waals surface area contributed by atoms with Crippen LogP contribution in [0.4, 0.5) is 0 Å². The SMILES string of the molecule is CCOC(=O)C1=C(c2ccccc2)N=c2s/c(=C\c3cc(I)c(OCc4ccc(Cl)cc4)c(OC)c3)c(=O)n2[C@H]1c1ccc(SC)cc1. The zero-order valence-corrected chi connectivity index (χ0v) is 30.8. The Balaban J connectivity index is 1.49. The lowest BCUT2D eigenvalue weighted by molar-refractivity contribution is -0.138. The van der Waals surface area contributed by atoms with Gasteiger partial charge in [0.1, 0.15) is 6.61 Å². The molecule has 0 amide bonds. The molecule has 0 spiro atoms. The summed E-state index contributed by atoms with van der Waals surface area (Å²) in [4.78, 5) is 34.5. The summed E-state index contributed by atoms with van der Waals surface area (Å²) in [5.41, 5.74) is 3.81. The molecule has 244 valence electrons. The van der Waals surface area contributed by atoms with Crippen molar-refractivity contribution in [3.63, 3.8) is 0 Å². The molecule has 0 radical (unpaired) electrons. The predicted molar refractivity (Wildman–Crippen MR) is 201 cm³/mol. The van der Waals surface area contributed by atoms with Crippen LogP contribution in [0.25, 0.3) is 11.8 Å². The standard InChI is InChI=1S/C37H30ClIN2O5S2/c1-4-45-36(43)31-32(24-8-6-5-7-9-24)40-37-41(33(31)25-12-16-27(47-3)17-13-25)35(42)30(48-37)20-23-18-28(39)34(29(19-23)44-2)46-21-22-10-14-26(38)15-11-22/h5-20,33H,4,21H2,1-3H3/b30-20-/t33-/m0/s1. The molecular weight excluding hydrogens is 779 g/mol. The first kappa shape index (κ1) is 34.0. The van der Waals surface area contributed by atoms with E-state index in [1.165, 1.54) is 11.3 Å². The van der Waals surface area contributed by atoms with Crippen LogP contribution in [0.3, 0.4) is 0 Å². The Morgan fingerprint density at radius 3 is 2.46 bits per heavy atom. The number of ether oxygens (including phenoxy) is 3. The van der Waals surface area contributed by atoms with Crippen molar-refractivity contribution >= 4 is 75.0 Å². The summed E-state index contributed by atoms with van der Waals surface area (Å²) in [6.45, 7) is 2.29. The van der Waals surface area contributed by atoms with Gasteiger partial charge in [0.2, 0.25) is 0 Å². The average molecular weight is 809 g/mol. The molecule has 1 atom stereocenters.